The van der Waals surface area contributed by atoms with Gasteiger partial charge in [0.2, 0.25) is 0 Å². The van der Waals surface area contributed by atoms with E-state index >= 15 is 0 Å². The Balaban J connectivity index is 5.59. The summed E-state index contributed by atoms with van der Waals surface area (Å²) in [6, 6.07) is 0. The molecule has 0 fully saturated rings. The second kappa shape index (κ2) is 5.51. The third-order valence-corrected chi connectivity index (χ3v) is 3.04. The molecule has 0 saturated heterocycles. The van der Waals surface area contributed by atoms with Crippen LogP contribution in [-0.2, 0) is 9.47 Å². The van der Waals surface area contributed by atoms with E-state index in [1.807, 2.05) is 0 Å². The van der Waals surface area contributed by atoms with Crippen molar-refractivity contribution >= 4 is 23.2 Å². The van der Waals surface area contributed by atoms with E-state index in [0.717, 1.165) is 0 Å². The minimum absolute atomic E-state index is 0.261. The Hall–Kier alpha value is -0.250. The highest BCUT2D eigenvalue weighted by Gasteiger charge is 2.72. The summed E-state index contributed by atoms with van der Waals surface area (Å²) in [5.74, 6) is -5.29. The lowest BCUT2D eigenvalue weighted by molar-refractivity contribution is -0.424. The Morgan fingerprint density at radius 1 is 1.00 bits per heavy atom. The number of halogens is 9. The molecule has 0 saturated carbocycles. The third kappa shape index (κ3) is 3.32. The quantitative estimate of drug-likeness (QED) is 0.381. The van der Waals surface area contributed by atoms with Crippen LogP contribution in [0.3, 0.4) is 0 Å². The van der Waals surface area contributed by atoms with Crippen molar-refractivity contribution in [2.75, 3.05) is 7.11 Å². The molecule has 0 rings (SSSR count). The molecule has 0 aromatic heterocycles. The summed E-state index contributed by atoms with van der Waals surface area (Å²) in [5.41, 5.74) is -3.05. The van der Waals surface area contributed by atoms with Crippen molar-refractivity contribution in [1.29, 1.82) is 0 Å². The van der Waals surface area contributed by atoms with Gasteiger partial charge >= 0.3 is 22.7 Å². The van der Waals surface area contributed by atoms with Crippen LogP contribution < -0.4 is 0 Å². The van der Waals surface area contributed by atoms with E-state index < -0.39 is 28.3 Å². The Morgan fingerprint density at radius 3 is 1.65 bits per heavy atom. The molecular formula is C9H9Cl2F7O2. The Kier molecular flexibility index (Phi) is 5.44. The van der Waals surface area contributed by atoms with Gasteiger partial charge < -0.3 is 4.74 Å². The minimum atomic E-state index is -5.78. The largest absolute Gasteiger partial charge is 0.426 e. The summed E-state index contributed by atoms with van der Waals surface area (Å²) in [4.78, 5) is 0. The van der Waals surface area contributed by atoms with Crippen LogP contribution in [0.2, 0.25) is 0 Å². The fourth-order valence-corrected chi connectivity index (χ4v) is 1.05. The van der Waals surface area contributed by atoms with Gasteiger partial charge in [0.15, 0.2) is 5.60 Å². The van der Waals surface area contributed by atoms with Crippen molar-refractivity contribution in [3.63, 3.8) is 0 Å². The lowest BCUT2D eigenvalue weighted by atomic mass is 9.97. The van der Waals surface area contributed by atoms with E-state index in [1.165, 1.54) is 0 Å². The minimum Gasteiger partial charge on any atom is -0.368 e. The third-order valence-electron chi connectivity index (χ3n) is 2.39. The Labute approximate surface area is 119 Å². The van der Waals surface area contributed by atoms with Gasteiger partial charge in [-0.15, -0.1) is 6.58 Å². The molecule has 0 aliphatic rings. The predicted molar refractivity (Wildman–Crippen MR) is 57.1 cm³/mol. The van der Waals surface area contributed by atoms with Gasteiger partial charge in [-0.05, 0) is 30.1 Å². The first-order valence-electron chi connectivity index (χ1n) is 4.67. The highest BCUT2D eigenvalue weighted by Crippen LogP contribution is 2.51. The zero-order chi connectivity index (χ0) is 16.6. The number of hydrogen-bond donors (Lipinski definition) is 0. The number of methoxy groups -OCH3 is 1. The molecule has 0 spiro atoms. The normalized spacial score (nSPS) is 20.1. The summed E-state index contributed by atoms with van der Waals surface area (Å²) in [6.45, 7) is 3.28. The van der Waals surface area contributed by atoms with E-state index in [0.29, 0.717) is 14.0 Å². The molecule has 0 aromatic rings. The van der Waals surface area contributed by atoms with E-state index in [1.54, 1.807) is 0 Å². The average Bonchev–Trinajstić information content (AvgIpc) is 2.24. The average molecular weight is 353 g/mol. The van der Waals surface area contributed by atoms with E-state index in [2.05, 4.69) is 39.3 Å². The molecular weight excluding hydrogens is 344 g/mol. The van der Waals surface area contributed by atoms with Gasteiger partial charge in [-0.25, -0.2) is 0 Å². The van der Waals surface area contributed by atoms with Crippen LogP contribution in [0.15, 0.2) is 12.7 Å². The second-order valence-electron chi connectivity index (χ2n) is 3.72. The predicted octanol–water partition coefficient (Wildman–Crippen LogP) is 4.52. The van der Waals surface area contributed by atoms with Gasteiger partial charge in [-0.2, -0.15) is 30.7 Å². The molecule has 20 heavy (non-hydrogen) atoms. The van der Waals surface area contributed by atoms with E-state index in [4.69, 9.17) is 0 Å². The van der Waals surface area contributed by atoms with Gasteiger partial charge in [0, 0.05) is 7.11 Å². The van der Waals surface area contributed by atoms with Crippen LogP contribution in [0.1, 0.15) is 6.92 Å². The molecule has 0 heterocycles. The Bertz CT molecular complexity index is 370. The van der Waals surface area contributed by atoms with Crippen molar-refractivity contribution in [2.45, 2.75) is 35.3 Å². The molecule has 0 amide bonds. The molecule has 11 heteroatoms. The van der Waals surface area contributed by atoms with Crippen LogP contribution in [0.25, 0.3) is 0 Å². The maximum absolute atomic E-state index is 13.6. The van der Waals surface area contributed by atoms with Gasteiger partial charge in [-0.3, -0.25) is 4.74 Å². The Morgan fingerprint density at radius 2 is 1.40 bits per heavy atom. The van der Waals surface area contributed by atoms with Gasteiger partial charge in [-0.1, -0.05) is 6.08 Å². The topological polar surface area (TPSA) is 18.5 Å². The van der Waals surface area contributed by atoms with Gasteiger partial charge in [0.25, 0.3) is 0 Å². The lowest BCUT2D eigenvalue weighted by Gasteiger charge is -2.39. The smallest absolute Gasteiger partial charge is 0.368 e. The van der Waals surface area contributed by atoms with Crippen LogP contribution in [-0.4, -0.2) is 35.4 Å². The molecule has 120 valence electrons. The first-order valence-corrected chi connectivity index (χ1v) is 5.42. The molecule has 0 aliphatic carbocycles. The van der Waals surface area contributed by atoms with Gasteiger partial charge in [0.05, 0.1) is 0 Å². The van der Waals surface area contributed by atoms with Crippen molar-refractivity contribution in [2.24, 2.45) is 0 Å². The molecule has 0 N–H and O–H groups in total. The molecule has 2 unspecified atom stereocenters. The fourth-order valence-electron chi connectivity index (χ4n) is 0.912. The zero-order valence-electron chi connectivity index (χ0n) is 10.0. The number of rotatable bonds is 7. The molecule has 2 atom stereocenters. The van der Waals surface area contributed by atoms with Crippen LogP contribution in [0, 0.1) is 0 Å². The fraction of sp³-hybridized carbons (Fsp3) is 0.778. The van der Waals surface area contributed by atoms with Crippen molar-refractivity contribution < 1.29 is 40.2 Å². The summed E-state index contributed by atoms with van der Waals surface area (Å²) in [7, 11) is 0.616. The molecule has 0 aliphatic heterocycles. The second-order valence-corrected chi connectivity index (χ2v) is 4.68. The number of ether oxygens (including phenoxy) is 2. The SMILES string of the molecule is C=CC(C)(OC)C(F)(F)C(F)(F)OC(F)(Cl)C(F)(F)Cl. The maximum atomic E-state index is 13.6. The highest BCUT2D eigenvalue weighted by molar-refractivity contribution is 6.31. The first kappa shape index (κ1) is 19.8. The lowest BCUT2D eigenvalue weighted by Crippen LogP contribution is -2.61. The van der Waals surface area contributed by atoms with Gasteiger partial charge in [0.1, 0.15) is 0 Å². The maximum Gasteiger partial charge on any atom is 0.426 e. The van der Waals surface area contributed by atoms with Crippen LogP contribution >= 0.6 is 23.2 Å². The summed E-state index contributed by atoms with van der Waals surface area (Å²) in [5, 5.41) is -10.3. The van der Waals surface area contributed by atoms with Crippen LogP contribution in [0.4, 0.5) is 30.7 Å². The number of hydrogen-bond acceptors (Lipinski definition) is 2. The monoisotopic (exact) mass is 352 g/mol. The molecule has 2 nitrogen and oxygen atoms in total. The van der Waals surface area contributed by atoms with Crippen molar-refractivity contribution in [1.82, 2.24) is 0 Å². The standard InChI is InChI=1S/C9H9Cl2F7O2/c1-4-5(2,19-3)6(12,13)9(17,18)20-8(11,16)7(10,14)15/h4H,1H2,2-3H3. The molecule has 0 aromatic carbocycles. The zero-order valence-corrected chi connectivity index (χ0v) is 11.5. The van der Waals surface area contributed by atoms with E-state index in [9.17, 15) is 30.7 Å². The van der Waals surface area contributed by atoms with Crippen LogP contribution in [0.5, 0.6) is 0 Å². The summed E-state index contributed by atoms with van der Waals surface area (Å²) < 4.78 is 98.3. The highest BCUT2D eigenvalue weighted by atomic mass is 35.5. The number of alkyl halides is 9. The van der Waals surface area contributed by atoms with Crippen molar-refractivity contribution in [3.8, 4) is 0 Å². The molecule has 0 radical (unpaired) electrons. The van der Waals surface area contributed by atoms with E-state index in [-0.39, 0.29) is 6.08 Å². The molecule has 0 bridgehead atoms. The first-order chi connectivity index (χ1) is 8.58. The summed E-state index contributed by atoms with van der Waals surface area (Å²) in [6.07, 6.45) is -5.52. The van der Waals surface area contributed by atoms with Crippen molar-refractivity contribution in [3.05, 3.63) is 12.7 Å². The summed E-state index contributed by atoms with van der Waals surface area (Å²) >= 11 is 8.36.